The molecular formula is C14H20N2O. The Hall–Kier alpha value is -1.38. The number of hydrogen-bond donors (Lipinski definition) is 0. The van der Waals surface area contributed by atoms with Gasteiger partial charge in [-0.25, -0.2) is 4.98 Å². The summed E-state index contributed by atoms with van der Waals surface area (Å²) in [5, 5.41) is 0. The van der Waals surface area contributed by atoms with Crippen LogP contribution in [0.3, 0.4) is 0 Å². The van der Waals surface area contributed by atoms with Crippen LogP contribution >= 0.6 is 0 Å². The molecule has 1 aliphatic heterocycles. The molecule has 0 radical (unpaired) electrons. The smallest absolute Gasteiger partial charge is 0.151 e. The maximum atomic E-state index is 10.7. The van der Waals surface area contributed by atoms with Crippen LogP contribution in [0.25, 0.3) is 0 Å². The van der Waals surface area contributed by atoms with Crippen molar-refractivity contribution in [3.63, 3.8) is 0 Å². The first kappa shape index (κ1) is 12.1. The SMILES string of the molecule is CCC1CCN(c2ncc(C=O)cc2C)CC1. The van der Waals surface area contributed by atoms with Gasteiger partial charge in [0.1, 0.15) is 5.82 Å². The van der Waals surface area contributed by atoms with Crippen molar-refractivity contribution >= 4 is 12.1 Å². The molecule has 2 heterocycles. The van der Waals surface area contributed by atoms with Crippen LogP contribution in [0.1, 0.15) is 42.1 Å². The Morgan fingerprint density at radius 2 is 2.18 bits per heavy atom. The summed E-state index contributed by atoms with van der Waals surface area (Å²) >= 11 is 0. The predicted molar refractivity (Wildman–Crippen MR) is 69.6 cm³/mol. The highest BCUT2D eigenvalue weighted by Gasteiger charge is 2.19. The lowest BCUT2D eigenvalue weighted by molar-refractivity contribution is 0.112. The molecule has 0 aliphatic carbocycles. The van der Waals surface area contributed by atoms with Gasteiger partial charge in [-0.15, -0.1) is 0 Å². The van der Waals surface area contributed by atoms with Gasteiger partial charge >= 0.3 is 0 Å². The van der Waals surface area contributed by atoms with Crippen LogP contribution in [0.15, 0.2) is 12.3 Å². The van der Waals surface area contributed by atoms with Gasteiger partial charge in [-0.05, 0) is 37.3 Å². The first-order valence-electron chi connectivity index (χ1n) is 6.41. The van der Waals surface area contributed by atoms with E-state index in [9.17, 15) is 4.79 Å². The topological polar surface area (TPSA) is 33.2 Å². The minimum absolute atomic E-state index is 0.662. The second kappa shape index (κ2) is 5.30. The largest absolute Gasteiger partial charge is 0.356 e. The van der Waals surface area contributed by atoms with E-state index in [0.29, 0.717) is 5.56 Å². The third-order valence-corrected chi connectivity index (χ3v) is 3.70. The van der Waals surface area contributed by atoms with Gasteiger partial charge in [-0.1, -0.05) is 13.3 Å². The van der Waals surface area contributed by atoms with Crippen LogP contribution in [0.2, 0.25) is 0 Å². The molecule has 0 saturated carbocycles. The molecule has 0 N–H and O–H groups in total. The van der Waals surface area contributed by atoms with Crippen molar-refractivity contribution in [3.05, 3.63) is 23.4 Å². The summed E-state index contributed by atoms with van der Waals surface area (Å²) in [5.74, 6) is 1.92. The van der Waals surface area contributed by atoms with Gasteiger partial charge in [0.15, 0.2) is 6.29 Å². The number of hydrogen-bond acceptors (Lipinski definition) is 3. The van der Waals surface area contributed by atoms with E-state index in [4.69, 9.17) is 0 Å². The summed E-state index contributed by atoms with van der Waals surface area (Å²) in [6.07, 6.45) is 6.32. The number of nitrogens with zero attached hydrogens (tertiary/aromatic N) is 2. The zero-order chi connectivity index (χ0) is 12.3. The Morgan fingerprint density at radius 1 is 1.47 bits per heavy atom. The molecule has 3 heteroatoms. The molecule has 1 aliphatic rings. The molecule has 3 nitrogen and oxygen atoms in total. The van der Waals surface area contributed by atoms with Gasteiger partial charge in [-0.2, -0.15) is 0 Å². The number of aryl methyl sites for hydroxylation is 1. The first-order chi connectivity index (χ1) is 8.24. The summed E-state index contributed by atoms with van der Waals surface area (Å²) in [4.78, 5) is 17.4. The van der Waals surface area contributed by atoms with E-state index in [1.165, 1.54) is 19.3 Å². The summed E-state index contributed by atoms with van der Waals surface area (Å²) in [6, 6.07) is 1.92. The molecule has 0 unspecified atom stereocenters. The van der Waals surface area contributed by atoms with Gasteiger partial charge < -0.3 is 4.90 Å². The Morgan fingerprint density at radius 3 is 2.71 bits per heavy atom. The normalized spacial score (nSPS) is 17.2. The van der Waals surface area contributed by atoms with Crippen LogP contribution in [0, 0.1) is 12.8 Å². The summed E-state index contributed by atoms with van der Waals surface area (Å²) in [6.45, 7) is 6.48. The molecule has 0 amide bonds. The Labute approximate surface area is 103 Å². The van der Waals surface area contributed by atoms with Crippen molar-refractivity contribution in [1.29, 1.82) is 0 Å². The zero-order valence-corrected chi connectivity index (χ0v) is 10.6. The van der Waals surface area contributed by atoms with Crippen LogP contribution in [-0.4, -0.2) is 24.4 Å². The van der Waals surface area contributed by atoms with Gasteiger partial charge in [-0.3, -0.25) is 4.79 Å². The van der Waals surface area contributed by atoms with E-state index >= 15 is 0 Å². The molecular weight excluding hydrogens is 212 g/mol. The zero-order valence-electron chi connectivity index (χ0n) is 10.6. The number of carbonyl (C=O) groups excluding carboxylic acids is 1. The fraction of sp³-hybridized carbons (Fsp3) is 0.571. The molecule has 2 rings (SSSR count). The number of piperidine rings is 1. The second-order valence-corrected chi connectivity index (χ2v) is 4.87. The van der Waals surface area contributed by atoms with Gasteiger partial charge in [0.2, 0.25) is 0 Å². The van der Waals surface area contributed by atoms with Crippen LogP contribution in [-0.2, 0) is 0 Å². The number of anilines is 1. The second-order valence-electron chi connectivity index (χ2n) is 4.87. The lowest BCUT2D eigenvalue weighted by Crippen LogP contribution is -2.34. The van der Waals surface area contributed by atoms with E-state index < -0.39 is 0 Å². The van der Waals surface area contributed by atoms with Crippen molar-refractivity contribution in [1.82, 2.24) is 4.98 Å². The van der Waals surface area contributed by atoms with E-state index in [2.05, 4.69) is 16.8 Å². The molecule has 0 atom stereocenters. The maximum absolute atomic E-state index is 10.7. The minimum atomic E-state index is 0.662. The van der Waals surface area contributed by atoms with Crippen molar-refractivity contribution in [2.75, 3.05) is 18.0 Å². The molecule has 92 valence electrons. The van der Waals surface area contributed by atoms with Crippen molar-refractivity contribution in [2.24, 2.45) is 5.92 Å². The summed E-state index contributed by atoms with van der Waals surface area (Å²) in [5.41, 5.74) is 1.76. The monoisotopic (exact) mass is 232 g/mol. The van der Waals surface area contributed by atoms with E-state index in [1.54, 1.807) is 6.20 Å². The fourth-order valence-electron chi connectivity index (χ4n) is 2.54. The predicted octanol–water partition coefficient (Wildman–Crippen LogP) is 2.83. The minimum Gasteiger partial charge on any atom is -0.356 e. The average Bonchev–Trinajstić information content (AvgIpc) is 2.39. The quantitative estimate of drug-likeness (QED) is 0.751. The molecule has 1 saturated heterocycles. The fourth-order valence-corrected chi connectivity index (χ4v) is 2.54. The number of carbonyl (C=O) groups is 1. The highest BCUT2D eigenvalue weighted by Crippen LogP contribution is 2.25. The maximum Gasteiger partial charge on any atom is 0.151 e. The van der Waals surface area contributed by atoms with E-state index in [0.717, 1.165) is 36.7 Å². The molecule has 1 aromatic heterocycles. The summed E-state index contributed by atoms with van der Waals surface area (Å²) < 4.78 is 0. The van der Waals surface area contributed by atoms with Gasteiger partial charge in [0.25, 0.3) is 0 Å². The third kappa shape index (κ3) is 2.65. The Bertz CT molecular complexity index is 395. The summed E-state index contributed by atoms with van der Waals surface area (Å²) in [7, 11) is 0. The van der Waals surface area contributed by atoms with Crippen LogP contribution in [0.5, 0.6) is 0 Å². The van der Waals surface area contributed by atoms with E-state index in [-0.39, 0.29) is 0 Å². The highest BCUT2D eigenvalue weighted by atomic mass is 16.1. The molecule has 0 spiro atoms. The van der Waals surface area contributed by atoms with Crippen molar-refractivity contribution in [3.8, 4) is 0 Å². The molecule has 0 bridgehead atoms. The van der Waals surface area contributed by atoms with E-state index in [1.807, 2.05) is 13.0 Å². The molecule has 17 heavy (non-hydrogen) atoms. The Balaban J connectivity index is 2.10. The lowest BCUT2D eigenvalue weighted by Gasteiger charge is -2.33. The number of rotatable bonds is 3. The number of pyridine rings is 1. The van der Waals surface area contributed by atoms with Crippen LogP contribution < -0.4 is 4.90 Å². The molecule has 0 aromatic carbocycles. The number of aromatic nitrogens is 1. The molecule has 1 fully saturated rings. The lowest BCUT2D eigenvalue weighted by atomic mass is 9.94. The standard InChI is InChI=1S/C14H20N2O/c1-3-12-4-6-16(7-5-12)14-11(2)8-13(10-17)9-15-14/h8-10,12H,3-7H2,1-2H3. The number of aldehydes is 1. The molecule has 1 aromatic rings. The first-order valence-corrected chi connectivity index (χ1v) is 6.41. The highest BCUT2D eigenvalue weighted by molar-refractivity contribution is 5.75. The van der Waals surface area contributed by atoms with Crippen molar-refractivity contribution in [2.45, 2.75) is 33.1 Å². The van der Waals surface area contributed by atoms with Crippen LogP contribution in [0.4, 0.5) is 5.82 Å². The van der Waals surface area contributed by atoms with Gasteiger partial charge in [0.05, 0.1) is 0 Å². The van der Waals surface area contributed by atoms with Crippen molar-refractivity contribution < 1.29 is 4.79 Å². The average molecular weight is 232 g/mol. The van der Waals surface area contributed by atoms with Gasteiger partial charge in [0, 0.05) is 24.8 Å². The Kier molecular flexibility index (Phi) is 3.77. The third-order valence-electron chi connectivity index (χ3n) is 3.70.